The van der Waals surface area contributed by atoms with E-state index in [1.165, 1.54) is 4.31 Å². The summed E-state index contributed by atoms with van der Waals surface area (Å²) in [6.45, 7) is 0.524. The highest BCUT2D eigenvalue weighted by Gasteiger charge is 2.53. The summed E-state index contributed by atoms with van der Waals surface area (Å²) in [5.41, 5.74) is 1.55. The summed E-state index contributed by atoms with van der Waals surface area (Å²) < 4.78 is 29.9. The van der Waals surface area contributed by atoms with E-state index in [4.69, 9.17) is 0 Å². The number of hydrogen-bond acceptors (Lipinski definition) is 8. The predicted molar refractivity (Wildman–Crippen MR) is 111 cm³/mol. The second kappa shape index (κ2) is 7.14. The molecule has 0 atom stereocenters. The van der Waals surface area contributed by atoms with Crippen molar-refractivity contribution in [1.29, 1.82) is 5.26 Å². The Balaban J connectivity index is 1.37. The molecule has 1 saturated heterocycles. The van der Waals surface area contributed by atoms with Gasteiger partial charge in [0.15, 0.2) is 0 Å². The Hall–Kier alpha value is -3.30. The maximum Gasteiger partial charge on any atom is 0.227 e. The molecule has 1 saturated carbocycles. The maximum atomic E-state index is 12.5. The second-order valence-electron chi connectivity index (χ2n) is 8.04. The van der Waals surface area contributed by atoms with Gasteiger partial charge in [-0.1, -0.05) is 0 Å². The normalized spacial score (nSPS) is 18.3. The van der Waals surface area contributed by atoms with Crippen LogP contribution in [0.15, 0.2) is 37.1 Å². The molecule has 11 nitrogen and oxygen atoms in total. The van der Waals surface area contributed by atoms with E-state index in [9.17, 15) is 13.7 Å². The van der Waals surface area contributed by atoms with Crippen LogP contribution in [-0.4, -0.2) is 60.6 Å². The van der Waals surface area contributed by atoms with E-state index in [1.54, 1.807) is 34.0 Å². The molecule has 0 amide bonds. The van der Waals surface area contributed by atoms with Crippen LogP contribution in [0.3, 0.4) is 0 Å². The van der Waals surface area contributed by atoms with Gasteiger partial charge in [-0.05, 0) is 18.9 Å². The molecule has 0 spiro atoms. The third-order valence-electron chi connectivity index (χ3n) is 5.64. The molecule has 0 unspecified atom stereocenters. The number of aryl methyl sites for hydroxylation is 1. The van der Waals surface area contributed by atoms with Gasteiger partial charge in [0.1, 0.15) is 5.54 Å². The summed E-state index contributed by atoms with van der Waals surface area (Å²) in [7, 11) is -1.43. The van der Waals surface area contributed by atoms with Gasteiger partial charge in [0, 0.05) is 44.3 Å². The third kappa shape index (κ3) is 3.55. The first-order chi connectivity index (χ1) is 14.9. The van der Waals surface area contributed by atoms with E-state index in [0.717, 1.165) is 24.1 Å². The Morgan fingerprint density at radius 2 is 2.06 bits per heavy atom. The average Bonchev–Trinajstić information content (AvgIpc) is 3.34. The maximum absolute atomic E-state index is 12.5. The van der Waals surface area contributed by atoms with Crippen LogP contribution in [0.25, 0.3) is 11.3 Å². The molecule has 1 N–H and O–H groups in total. The number of hydrogen-bond donors (Lipinski definition) is 1. The molecular formula is C19H21N9O2S. The Bertz CT molecular complexity index is 1260. The lowest BCUT2D eigenvalue weighted by atomic mass is 9.89. The van der Waals surface area contributed by atoms with Crippen molar-refractivity contribution in [3.8, 4) is 17.3 Å². The largest absolute Gasteiger partial charge is 0.321 e. The van der Waals surface area contributed by atoms with E-state index in [2.05, 4.69) is 31.6 Å². The third-order valence-corrected chi connectivity index (χ3v) is 7.93. The van der Waals surface area contributed by atoms with Crippen molar-refractivity contribution >= 4 is 21.7 Å². The average molecular weight is 440 g/mol. The van der Waals surface area contributed by atoms with Crippen LogP contribution >= 0.6 is 0 Å². The molecule has 0 radical (unpaired) electrons. The topological polar surface area (TPSA) is 135 Å². The number of sulfonamides is 1. The first-order valence-corrected chi connectivity index (χ1v) is 11.4. The van der Waals surface area contributed by atoms with E-state index < -0.39 is 15.6 Å². The molecule has 12 heteroatoms. The standard InChI is InChI=1S/C19H21N9O2S/c1-26-11-15(9-22-26)24-18-21-7-4-17(25-18)14-8-23-28(10-14)19(5-6-20)12-27(13-19)31(29,30)16-2-3-16/h4,7-11,16H,2-3,5,12-13H2,1H3,(H,21,24,25). The molecule has 160 valence electrons. The van der Waals surface area contributed by atoms with Crippen molar-refractivity contribution in [2.75, 3.05) is 18.4 Å². The zero-order valence-corrected chi connectivity index (χ0v) is 17.7. The monoisotopic (exact) mass is 439 g/mol. The molecule has 3 aromatic heterocycles. The van der Waals surface area contributed by atoms with Crippen molar-refractivity contribution in [2.45, 2.75) is 30.1 Å². The Morgan fingerprint density at radius 3 is 2.74 bits per heavy atom. The van der Waals surface area contributed by atoms with Crippen LogP contribution in [-0.2, 0) is 22.6 Å². The highest BCUT2D eigenvalue weighted by atomic mass is 32.2. The fraction of sp³-hybridized carbons (Fsp3) is 0.421. The van der Waals surface area contributed by atoms with E-state index in [-0.39, 0.29) is 24.8 Å². The minimum atomic E-state index is -3.26. The summed E-state index contributed by atoms with van der Waals surface area (Å²) in [5.74, 6) is 0.426. The molecule has 0 bridgehead atoms. The van der Waals surface area contributed by atoms with Gasteiger partial charge in [0.05, 0.1) is 41.5 Å². The predicted octanol–water partition coefficient (Wildman–Crippen LogP) is 1.23. The second-order valence-corrected chi connectivity index (χ2v) is 10.3. The molecule has 2 aliphatic rings. The zero-order valence-electron chi connectivity index (χ0n) is 16.9. The fourth-order valence-corrected chi connectivity index (χ4v) is 5.75. The van der Waals surface area contributed by atoms with Gasteiger partial charge in [0.25, 0.3) is 0 Å². The lowest BCUT2D eigenvalue weighted by molar-refractivity contribution is 0.0716. The first-order valence-electron chi connectivity index (χ1n) is 9.90. The SMILES string of the molecule is Cn1cc(Nc2nccc(-c3cnn(C4(CC#N)CN(S(=O)(=O)C5CC5)C4)c3)n2)cn1. The zero-order chi connectivity index (χ0) is 21.6. The van der Waals surface area contributed by atoms with Crippen LogP contribution in [0, 0.1) is 11.3 Å². The van der Waals surface area contributed by atoms with E-state index >= 15 is 0 Å². The van der Waals surface area contributed by atoms with Crippen LogP contribution in [0.2, 0.25) is 0 Å². The van der Waals surface area contributed by atoms with Crippen molar-refractivity contribution in [1.82, 2.24) is 33.8 Å². The number of anilines is 2. The summed E-state index contributed by atoms with van der Waals surface area (Å²) in [4.78, 5) is 8.77. The van der Waals surface area contributed by atoms with Crippen LogP contribution in [0.5, 0.6) is 0 Å². The van der Waals surface area contributed by atoms with Crippen molar-refractivity contribution in [3.05, 3.63) is 37.1 Å². The van der Waals surface area contributed by atoms with Crippen molar-refractivity contribution in [2.24, 2.45) is 7.05 Å². The van der Waals surface area contributed by atoms with Crippen molar-refractivity contribution < 1.29 is 8.42 Å². The quantitative estimate of drug-likeness (QED) is 0.581. The molecule has 0 aromatic carbocycles. The highest BCUT2D eigenvalue weighted by molar-refractivity contribution is 7.90. The Kier molecular flexibility index (Phi) is 4.53. The van der Waals surface area contributed by atoms with E-state index in [0.29, 0.717) is 11.6 Å². The molecule has 1 aliphatic carbocycles. The summed E-state index contributed by atoms with van der Waals surface area (Å²) >= 11 is 0. The van der Waals surface area contributed by atoms with Crippen LogP contribution < -0.4 is 5.32 Å². The molecular weight excluding hydrogens is 418 g/mol. The van der Waals surface area contributed by atoms with Crippen LogP contribution in [0.1, 0.15) is 19.3 Å². The molecule has 5 rings (SSSR count). The van der Waals surface area contributed by atoms with Crippen LogP contribution in [0.4, 0.5) is 11.6 Å². The number of nitrogens with zero attached hydrogens (tertiary/aromatic N) is 8. The lowest BCUT2D eigenvalue weighted by Crippen LogP contribution is -2.64. The Morgan fingerprint density at radius 1 is 1.26 bits per heavy atom. The number of aromatic nitrogens is 6. The minimum Gasteiger partial charge on any atom is -0.321 e. The van der Waals surface area contributed by atoms with Gasteiger partial charge in [-0.3, -0.25) is 9.36 Å². The number of nitrogens with one attached hydrogen (secondary N) is 1. The molecule has 31 heavy (non-hydrogen) atoms. The number of rotatable bonds is 7. The van der Waals surface area contributed by atoms with Crippen molar-refractivity contribution in [3.63, 3.8) is 0 Å². The van der Waals surface area contributed by atoms with Gasteiger partial charge in [-0.2, -0.15) is 19.8 Å². The van der Waals surface area contributed by atoms with Gasteiger partial charge >= 0.3 is 0 Å². The molecule has 1 aliphatic heterocycles. The summed E-state index contributed by atoms with van der Waals surface area (Å²) in [6, 6.07) is 3.96. The smallest absolute Gasteiger partial charge is 0.227 e. The fourth-order valence-electron chi connectivity index (χ4n) is 3.76. The molecule has 3 aromatic rings. The lowest BCUT2D eigenvalue weighted by Gasteiger charge is -2.48. The van der Waals surface area contributed by atoms with Gasteiger partial charge < -0.3 is 5.32 Å². The van der Waals surface area contributed by atoms with Gasteiger partial charge in [0.2, 0.25) is 16.0 Å². The summed E-state index contributed by atoms with van der Waals surface area (Å²) in [6.07, 6.45) is 10.3. The van der Waals surface area contributed by atoms with Gasteiger partial charge in [-0.25, -0.2) is 18.4 Å². The molecule has 2 fully saturated rings. The number of nitriles is 1. The summed E-state index contributed by atoms with van der Waals surface area (Å²) in [5, 5.41) is 20.7. The first kappa shape index (κ1) is 19.7. The van der Waals surface area contributed by atoms with E-state index in [1.807, 2.05) is 19.4 Å². The minimum absolute atomic E-state index is 0.183. The Labute approximate surface area is 179 Å². The highest BCUT2D eigenvalue weighted by Crippen LogP contribution is 2.40. The van der Waals surface area contributed by atoms with Gasteiger partial charge in [-0.15, -0.1) is 0 Å². The molecule has 4 heterocycles.